The Morgan fingerprint density at radius 2 is 1.85 bits per heavy atom. The number of piperidine rings is 1. The van der Waals surface area contributed by atoms with Crippen LogP contribution in [0.25, 0.3) is 10.9 Å². The number of nitrogens with one attached hydrogen (secondary N) is 1. The lowest BCUT2D eigenvalue weighted by molar-refractivity contribution is -0.292. The molecule has 9 nitrogen and oxygen atoms in total. The van der Waals surface area contributed by atoms with E-state index in [-0.39, 0.29) is 30.2 Å². The van der Waals surface area contributed by atoms with Gasteiger partial charge in [-0.05, 0) is 90.3 Å². The van der Waals surface area contributed by atoms with Crippen molar-refractivity contribution in [3.8, 4) is 0 Å². The van der Waals surface area contributed by atoms with E-state index < -0.39 is 28.3 Å². The van der Waals surface area contributed by atoms with Gasteiger partial charge in [-0.25, -0.2) is 13.6 Å². The lowest BCUT2D eigenvalue weighted by Gasteiger charge is -2.62. The third kappa shape index (κ3) is 4.50. The molecule has 3 unspecified atom stereocenters. The van der Waals surface area contributed by atoms with Crippen molar-refractivity contribution in [2.45, 2.75) is 103 Å². The number of likely N-dealkylation sites (tertiary alicyclic amines) is 1. The third-order valence-electron chi connectivity index (χ3n) is 11.9. The average Bonchev–Trinajstić information content (AvgIpc) is 3.70. The van der Waals surface area contributed by atoms with Crippen molar-refractivity contribution in [2.75, 3.05) is 31.1 Å². The number of anilines is 1. The minimum absolute atomic E-state index is 0.0939. The summed E-state index contributed by atoms with van der Waals surface area (Å²) in [5.74, 6) is -3.70. The van der Waals surface area contributed by atoms with Crippen LogP contribution < -0.4 is 4.90 Å². The van der Waals surface area contributed by atoms with Gasteiger partial charge in [0.05, 0.1) is 22.9 Å². The summed E-state index contributed by atoms with van der Waals surface area (Å²) in [6, 6.07) is 7.89. The number of halogens is 2. The zero-order valence-electron chi connectivity index (χ0n) is 27.3. The number of aromatic nitrogens is 1. The number of benzene rings is 1. The molecule has 2 aromatic rings. The van der Waals surface area contributed by atoms with Gasteiger partial charge in [-0.2, -0.15) is 5.10 Å². The van der Waals surface area contributed by atoms with Crippen molar-refractivity contribution in [2.24, 2.45) is 27.8 Å². The highest BCUT2D eigenvalue weighted by Gasteiger charge is 2.75. The Kier molecular flexibility index (Phi) is 6.65. The molecule has 3 saturated heterocycles. The first-order chi connectivity index (χ1) is 21.8. The number of hydrogen-bond acceptors (Lipinski definition) is 6. The van der Waals surface area contributed by atoms with Crippen molar-refractivity contribution in [1.82, 2.24) is 14.9 Å². The highest BCUT2D eigenvalue weighted by atomic mass is 19.3. The number of rotatable bonds is 3. The topological polar surface area (TPSA) is 90.5 Å². The summed E-state index contributed by atoms with van der Waals surface area (Å²) in [4.78, 5) is 33.6. The van der Waals surface area contributed by atoms with Crippen molar-refractivity contribution >= 4 is 34.3 Å². The first-order valence-corrected chi connectivity index (χ1v) is 17.1. The van der Waals surface area contributed by atoms with Crippen LogP contribution in [0.3, 0.4) is 0 Å². The molecule has 0 radical (unpaired) electrons. The van der Waals surface area contributed by atoms with E-state index in [1.807, 2.05) is 54.9 Å². The van der Waals surface area contributed by atoms with Gasteiger partial charge in [-0.3, -0.25) is 9.80 Å². The smallest absolute Gasteiger partial charge is 0.410 e. The number of amides is 2. The molecule has 1 aromatic carbocycles. The molecule has 5 atom stereocenters. The van der Waals surface area contributed by atoms with Gasteiger partial charge in [0.15, 0.2) is 0 Å². The molecular formula is C35H45F2N5O4. The minimum Gasteiger partial charge on any atom is -0.444 e. The molecule has 248 valence electrons. The lowest BCUT2D eigenvalue weighted by atomic mass is 9.46. The average molecular weight is 638 g/mol. The monoisotopic (exact) mass is 637 g/mol. The van der Waals surface area contributed by atoms with Crippen molar-refractivity contribution in [1.29, 1.82) is 0 Å². The van der Waals surface area contributed by atoms with Gasteiger partial charge in [0.25, 0.3) is 5.92 Å². The number of carbonyl (C=O) groups is 2. The van der Waals surface area contributed by atoms with Gasteiger partial charge in [-0.15, -0.1) is 0 Å². The first kappa shape index (κ1) is 30.1. The number of hydrogen-bond donors (Lipinski definition) is 1. The van der Waals surface area contributed by atoms with E-state index in [0.717, 1.165) is 48.0 Å². The quantitative estimate of drug-likeness (QED) is 0.414. The second-order valence-electron chi connectivity index (χ2n) is 15.9. The van der Waals surface area contributed by atoms with Crippen LogP contribution in [0.4, 0.5) is 19.3 Å². The number of alkyl halides is 2. The summed E-state index contributed by atoms with van der Waals surface area (Å²) in [5, 5.41) is 8.04. The van der Waals surface area contributed by atoms with Gasteiger partial charge in [0.2, 0.25) is 5.91 Å². The Balaban J connectivity index is 1.03. The molecule has 3 saturated carbocycles. The SMILES string of the molecule is CC(C)(C)OC(=O)N1CCC2(CC1)CCN(c1ccc3cc(C4=NN(C5CCCCO5)C5C[C@]6(C)C[C@H](C45)C6(F)F)[nH]c3c1)C2=O. The van der Waals surface area contributed by atoms with E-state index in [9.17, 15) is 9.59 Å². The van der Waals surface area contributed by atoms with Crippen LogP contribution in [0.1, 0.15) is 84.8 Å². The Bertz CT molecular complexity index is 1600. The molecule has 4 aliphatic heterocycles. The summed E-state index contributed by atoms with van der Waals surface area (Å²) in [5.41, 5.74) is 1.13. The number of nitrogens with zero attached hydrogens (tertiary/aromatic N) is 4. The summed E-state index contributed by atoms with van der Waals surface area (Å²) < 4.78 is 42.7. The fourth-order valence-corrected chi connectivity index (χ4v) is 9.23. The predicted octanol–water partition coefficient (Wildman–Crippen LogP) is 6.52. The second-order valence-corrected chi connectivity index (χ2v) is 15.9. The van der Waals surface area contributed by atoms with E-state index in [4.69, 9.17) is 14.6 Å². The second kappa shape index (κ2) is 10.1. The van der Waals surface area contributed by atoms with Gasteiger partial charge >= 0.3 is 6.09 Å². The fourth-order valence-electron chi connectivity index (χ4n) is 9.23. The van der Waals surface area contributed by atoms with Crippen molar-refractivity contribution in [3.63, 3.8) is 0 Å². The number of carbonyl (C=O) groups excluding carboxylic acids is 2. The predicted molar refractivity (Wildman–Crippen MR) is 170 cm³/mol. The maximum absolute atomic E-state index is 15.5. The number of ether oxygens (including phenoxy) is 2. The number of hydrazone groups is 1. The van der Waals surface area contributed by atoms with Crippen LogP contribution in [0, 0.1) is 22.7 Å². The molecular weight excluding hydrogens is 592 g/mol. The normalized spacial score (nSPS) is 33.3. The number of H-pyrrole nitrogens is 1. The Morgan fingerprint density at radius 1 is 1.09 bits per heavy atom. The molecule has 2 amide bonds. The summed E-state index contributed by atoms with van der Waals surface area (Å²) in [6.07, 6.45) is 5.33. The third-order valence-corrected chi connectivity index (χ3v) is 11.9. The highest BCUT2D eigenvalue weighted by Crippen LogP contribution is 2.69. The van der Waals surface area contributed by atoms with Gasteiger partial charge in [0.1, 0.15) is 11.8 Å². The first-order valence-electron chi connectivity index (χ1n) is 17.1. The van der Waals surface area contributed by atoms with Gasteiger partial charge < -0.3 is 24.3 Å². The zero-order valence-corrected chi connectivity index (χ0v) is 27.3. The molecule has 11 heteroatoms. The molecule has 7 aliphatic rings. The van der Waals surface area contributed by atoms with Crippen LogP contribution in [0.5, 0.6) is 0 Å². The van der Waals surface area contributed by atoms with E-state index in [1.54, 1.807) is 11.8 Å². The highest BCUT2D eigenvalue weighted by molar-refractivity contribution is 6.07. The zero-order chi connectivity index (χ0) is 32.2. The van der Waals surface area contributed by atoms with Crippen LogP contribution >= 0.6 is 0 Å². The fraction of sp³-hybridized carbons (Fsp3) is 0.686. The molecule has 46 heavy (non-hydrogen) atoms. The van der Waals surface area contributed by atoms with Crippen LogP contribution in [0.2, 0.25) is 0 Å². The Hall–Kier alpha value is -3.21. The largest absolute Gasteiger partial charge is 0.444 e. The van der Waals surface area contributed by atoms with E-state index >= 15 is 8.78 Å². The number of fused-ring (bicyclic) bond motifs is 1. The molecule has 1 spiro atoms. The van der Waals surface area contributed by atoms with Crippen molar-refractivity contribution < 1.29 is 27.8 Å². The molecule has 2 bridgehead atoms. The van der Waals surface area contributed by atoms with Crippen LogP contribution in [0.15, 0.2) is 29.4 Å². The van der Waals surface area contributed by atoms with E-state index in [1.165, 1.54) is 0 Å². The molecule has 9 rings (SSSR count). The molecule has 6 fully saturated rings. The summed E-state index contributed by atoms with van der Waals surface area (Å²) in [7, 11) is 0. The van der Waals surface area contributed by atoms with Crippen LogP contribution in [-0.4, -0.2) is 82.6 Å². The summed E-state index contributed by atoms with van der Waals surface area (Å²) >= 11 is 0. The van der Waals surface area contributed by atoms with Gasteiger partial charge in [0, 0.05) is 60.1 Å². The van der Waals surface area contributed by atoms with Gasteiger partial charge in [-0.1, -0.05) is 13.0 Å². The molecule has 3 aliphatic carbocycles. The standard InChI is InChI=1S/C35H45F2N5O4/c1-32(2,3)46-31(44)40-13-10-34(11-14-40)12-15-41(30(34)43)22-9-8-21-17-25(38-24(21)18-22)29-28-23-19-33(4,35(23,36)37)20-26(28)42(39-29)27-7-5-6-16-45-27/h8-9,17-18,23,26-28,38H,5-7,10-16,19-20H2,1-4H3/t23-,26?,27?,28?,33+/m1/s1. The van der Waals surface area contributed by atoms with Crippen LogP contribution in [-0.2, 0) is 14.3 Å². The minimum atomic E-state index is -2.72. The molecule has 5 heterocycles. The maximum atomic E-state index is 15.5. The summed E-state index contributed by atoms with van der Waals surface area (Å²) in [6.45, 7) is 9.59. The Morgan fingerprint density at radius 3 is 2.54 bits per heavy atom. The van der Waals surface area contributed by atoms with E-state index in [0.29, 0.717) is 57.6 Å². The Labute approximate surface area is 268 Å². The molecule has 1 N–H and O–H groups in total. The van der Waals surface area contributed by atoms with Crippen molar-refractivity contribution in [3.05, 3.63) is 30.0 Å². The molecule has 1 aromatic heterocycles. The van der Waals surface area contributed by atoms with E-state index in [2.05, 4.69) is 4.98 Å². The number of aromatic amines is 1. The maximum Gasteiger partial charge on any atom is 0.410 e. The lowest BCUT2D eigenvalue weighted by Crippen LogP contribution is -2.69.